The maximum atomic E-state index is 5.91. The molecule has 0 radical (unpaired) electrons. The van der Waals surface area contributed by atoms with Crippen LogP contribution in [-0.2, 0) is 6.42 Å². The summed E-state index contributed by atoms with van der Waals surface area (Å²) in [4.78, 5) is 8.79. The van der Waals surface area contributed by atoms with Crippen LogP contribution in [0.2, 0.25) is 0 Å². The quantitative estimate of drug-likeness (QED) is 0.660. The zero-order valence-corrected chi connectivity index (χ0v) is 13.3. The first-order valence-corrected chi connectivity index (χ1v) is 7.67. The number of imidazole rings is 1. The number of rotatable bonds is 3. The van der Waals surface area contributed by atoms with E-state index in [-0.39, 0.29) is 0 Å². The highest BCUT2D eigenvalue weighted by molar-refractivity contribution is 9.10. The van der Waals surface area contributed by atoms with Gasteiger partial charge in [0.1, 0.15) is 11.3 Å². The summed E-state index contributed by atoms with van der Waals surface area (Å²) in [7, 11) is 0. The van der Waals surface area contributed by atoms with E-state index in [0.29, 0.717) is 5.88 Å². The fourth-order valence-corrected chi connectivity index (χ4v) is 3.02. The third kappa shape index (κ3) is 2.34. The lowest BCUT2D eigenvalue weighted by molar-refractivity contribution is 0.906. The van der Waals surface area contributed by atoms with Crippen LogP contribution < -0.4 is 0 Å². The Morgan fingerprint density at radius 2 is 2.15 bits per heavy atom. The first kappa shape index (κ1) is 13.6. The van der Waals surface area contributed by atoms with Crippen LogP contribution in [-0.4, -0.2) is 20.4 Å². The highest BCUT2D eigenvalue weighted by Crippen LogP contribution is 2.25. The zero-order valence-electron chi connectivity index (χ0n) is 11.0. The van der Waals surface area contributed by atoms with Crippen molar-refractivity contribution in [2.24, 2.45) is 0 Å². The van der Waals surface area contributed by atoms with Crippen molar-refractivity contribution < 1.29 is 0 Å². The molecular formula is C15H13BrClN3. The van der Waals surface area contributed by atoms with Crippen LogP contribution in [0.5, 0.6) is 0 Å². The minimum absolute atomic E-state index is 0.548. The molecule has 0 spiro atoms. The molecule has 0 unspecified atom stereocenters. The number of benzene rings is 1. The van der Waals surface area contributed by atoms with Gasteiger partial charge in [-0.2, -0.15) is 0 Å². The van der Waals surface area contributed by atoms with E-state index in [0.717, 1.165) is 33.4 Å². The Balaban J connectivity index is 2.30. The van der Waals surface area contributed by atoms with Gasteiger partial charge in [-0.3, -0.25) is 9.55 Å². The maximum Gasteiger partial charge on any atom is 0.115 e. The van der Waals surface area contributed by atoms with Crippen LogP contribution in [0.4, 0.5) is 0 Å². The number of nitrogens with zero attached hydrogens (tertiary/aromatic N) is 3. The minimum atomic E-state index is 0.548. The van der Waals surface area contributed by atoms with Crippen LogP contribution in [0.1, 0.15) is 11.4 Å². The second-order valence-electron chi connectivity index (χ2n) is 4.60. The molecule has 20 heavy (non-hydrogen) atoms. The molecule has 0 aliphatic rings. The smallest absolute Gasteiger partial charge is 0.115 e. The number of alkyl halides is 1. The number of hydrogen-bond acceptors (Lipinski definition) is 2. The van der Waals surface area contributed by atoms with Gasteiger partial charge in [0, 0.05) is 23.0 Å². The van der Waals surface area contributed by atoms with Gasteiger partial charge in [0.25, 0.3) is 0 Å². The molecule has 0 aliphatic heterocycles. The maximum absolute atomic E-state index is 5.91. The molecule has 5 heteroatoms. The van der Waals surface area contributed by atoms with E-state index in [1.54, 1.807) is 12.4 Å². The summed E-state index contributed by atoms with van der Waals surface area (Å²) >= 11 is 9.41. The van der Waals surface area contributed by atoms with E-state index in [1.807, 2.05) is 12.1 Å². The second kappa shape index (κ2) is 5.54. The Morgan fingerprint density at radius 1 is 1.30 bits per heavy atom. The highest BCUT2D eigenvalue weighted by atomic mass is 79.9. The second-order valence-corrected chi connectivity index (χ2v) is 5.89. The zero-order chi connectivity index (χ0) is 14.1. The number of fused-ring (bicyclic) bond motifs is 1. The van der Waals surface area contributed by atoms with Crippen molar-refractivity contribution in [3.63, 3.8) is 0 Å². The number of halogens is 2. The number of aryl methyl sites for hydroxylation is 2. The van der Waals surface area contributed by atoms with E-state index in [4.69, 9.17) is 11.6 Å². The molecule has 3 rings (SSSR count). The Morgan fingerprint density at radius 3 is 2.90 bits per heavy atom. The molecule has 0 aliphatic carbocycles. The van der Waals surface area contributed by atoms with Crippen molar-refractivity contribution in [2.45, 2.75) is 13.3 Å². The summed E-state index contributed by atoms with van der Waals surface area (Å²) in [6.45, 7) is 2.09. The molecule has 0 fully saturated rings. The molecule has 0 amide bonds. The third-order valence-electron chi connectivity index (χ3n) is 3.24. The summed E-state index contributed by atoms with van der Waals surface area (Å²) in [6, 6.07) is 8.23. The molecule has 102 valence electrons. The predicted octanol–water partition coefficient (Wildman–Crippen LogP) is 4.27. The Kier molecular flexibility index (Phi) is 3.76. The van der Waals surface area contributed by atoms with E-state index in [9.17, 15) is 0 Å². The molecule has 3 nitrogen and oxygen atoms in total. The van der Waals surface area contributed by atoms with E-state index < -0.39 is 0 Å². The van der Waals surface area contributed by atoms with Gasteiger partial charge in [0.05, 0.1) is 17.4 Å². The van der Waals surface area contributed by atoms with Crippen molar-refractivity contribution in [1.82, 2.24) is 14.5 Å². The first-order valence-electron chi connectivity index (χ1n) is 6.34. The number of aromatic nitrogens is 3. The fourth-order valence-electron chi connectivity index (χ4n) is 2.37. The summed E-state index contributed by atoms with van der Waals surface area (Å²) in [6.07, 6.45) is 4.31. The number of hydrogen-bond donors (Lipinski definition) is 0. The standard InChI is InChI=1S/C15H13BrClN3/c1-10-8-11(16)2-3-13(10)20-14-5-7-18-9-12(14)19-15(20)4-6-17/h2-3,5,7-9H,4,6H2,1H3. The molecular weight excluding hydrogens is 338 g/mol. The highest BCUT2D eigenvalue weighted by Gasteiger charge is 2.13. The number of pyridine rings is 1. The summed E-state index contributed by atoms with van der Waals surface area (Å²) in [5, 5.41) is 0. The molecule has 0 saturated heterocycles. The average molecular weight is 351 g/mol. The van der Waals surface area contributed by atoms with Gasteiger partial charge in [0.15, 0.2) is 0 Å². The van der Waals surface area contributed by atoms with Gasteiger partial charge >= 0.3 is 0 Å². The van der Waals surface area contributed by atoms with Gasteiger partial charge in [0.2, 0.25) is 0 Å². The molecule has 2 aromatic heterocycles. The van der Waals surface area contributed by atoms with Crippen molar-refractivity contribution in [3.8, 4) is 5.69 Å². The molecule has 0 atom stereocenters. The van der Waals surface area contributed by atoms with E-state index in [1.165, 1.54) is 5.56 Å². The summed E-state index contributed by atoms with van der Waals surface area (Å²) in [5.41, 5.74) is 4.27. The predicted molar refractivity (Wildman–Crippen MR) is 85.7 cm³/mol. The Hall–Kier alpha value is -1.39. The van der Waals surface area contributed by atoms with Gasteiger partial charge in [-0.1, -0.05) is 15.9 Å². The molecule has 2 heterocycles. The van der Waals surface area contributed by atoms with Crippen LogP contribution in [0.25, 0.3) is 16.7 Å². The van der Waals surface area contributed by atoms with Gasteiger partial charge < -0.3 is 0 Å². The van der Waals surface area contributed by atoms with Crippen LogP contribution in [0.3, 0.4) is 0 Å². The summed E-state index contributed by atoms with van der Waals surface area (Å²) < 4.78 is 3.24. The van der Waals surface area contributed by atoms with Gasteiger partial charge in [-0.05, 0) is 36.8 Å². The fraction of sp³-hybridized carbons (Fsp3) is 0.200. The van der Waals surface area contributed by atoms with E-state index in [2.05, 4.69) is 49.5 Å². The SMILES string of the molecule is Cc1cc(Br)ccc1-n1c(CCCl)nc2cnccc21. The van der Waals surface area contributed by atoms with Gasteiger partial charge in [-0.15, -0.1) is 11.6 Å². The topological polar surface area (TPSA) is 30.7 Å². The summed E-state index contributed by atoms with van der Waals surface area (Å²) in [5.74, 6) is 1.51. The Labute approximate surface area is 130 Å². The van der Waals surface area contributed by atoms with Crippen molar-refractivity contribution in [2.75, 3.05) is 5.88 Å². The van der Waals surface area contributed by atoms with Gasteiger partial charge in [-0.25, -0.2) is 4.98 Å². The van der Waals surface area contributed by atoms with E-state index >= 15 is 0 Å². The average Bonchev–Trinajstić information content (AvgIpc) is 2.78. The lowest BCUT2D eigenvalue weighted by Gasteiger charge is -2.12. The molecule has 3 aromatic rings. The lowest BCUT2D eigenvalue weighted by Crippen LogP contribution is -2.04. The first-order chi connectivity index (χ1) is 9.70. The normalized spacial score (nSPS) is 11.2. The van der Waals surface area contributed by atoms with Crippen molar-refractivity contribution in [1.29, 1.82) is 0 Å². The largest absolute Gasteiger partial charge is 0.296 e. The Bertz CT molecular complexity index is 767. The monoisotopic (exact) mass is 349 g/mol. The third-order valence-corrected chi connectivity index (χ3v) is 3.93. The van der Waals surface area contributed by atoms with Crippen LogP contribution in [0.15, 0.2) is 41.1 Å². The van der Waals surface area contributed by atoms with Crippen molar-refractivity contribution >= 4 is 38.6 Å². The molecule has 0 bridgehead atoms. The molecule has 1 aromatic carbocycles. The van der Waals surface area contributed by atoms with Crippen LogP contribution in [0, 0.1) is 6.92 Å². The lowest BCUT2D eigenvalue weighted by atomic mass is 10.2. The van der Waals surface area contributed by atoms with Crippen molar-refractivity contribution in [3.05, 3.63) is 52.5 Å². The molecule has 0 saturated carbocycles. The molecule has 0 N–H and O–H groups in total. The minimum Gasteiger partial charge on any atom is -0.296 e. The van der Waals surface area contributed by atoms with Crippen LogP contribution >= 0.6 is 27.5 Å².